The van der Waals surface area contributed by atoms with Gasteiger partial charge in [-0.2, -0.15) is 5.10 Å². The Morgan fingerprint density at radius 2 is 1.78 bits per heavy atom. The molecular formula is C21H23N3O3. The van der Waals surface area contributed by atoms with Crippen molar-refractivity contribution in [3.63, 3.8) is 0 Å². The van der Waals surface area contributed by atoms with Gasteiger partial charge in [-0.25, -0.2) is 0 Å². The van der Waals surface area contributed by atoms with E-state index in [1.807, 2.05) is 55.6 Å². The lowest BCUT2D eigenvalue weighted by atomic mass is 10.1. The Balaban J connectivity index is 1.63. The van der Waals surface area contributed by atoms with Gasteiger partial charge in [0.15, 0.2) is 5.69 Å². The lowest BCUT2D eigenvalue weighted by Gasteiger charge is -2.05. The van der Waals surface area contributed by atoms with Crippen LogP contribution >= 0.6 is 0 Å². The van der Waals surface area contributed by atoms with E-state index in [0.29, 0.717) is 12.2 Å². The molecule has 0 fully saturated rings. The fraction of sp³-hybridized carbons (Fsp3) is 0.238. The molecule has 1 N–H and O–H groups in total. The molecular weight excluding hydrogens is 342 g/mol. The molecule has 0 aliphatic carbocycles. The molecule has 1 aromatic heterocycles. The van der Waals surface area contributed by atoms with Crippen LogP contribution in [-0.4, -0.2) is 36.5 Å². The number of carbonyl (C=O) groups is 1. The first kappa shape index (κ1) is 18.5. The number of hydrogen-bond donors (Lipinski definition) is 1. The minimum absolute atomic E-state index is 0.187. The number of methoxy groups -OCH3 is 2. The van der Waals surface area contributed by atoms with E-state index in [1.165, 1.54) is 0 Å². The molecule has 3 rings (SSSR count). The summed E-state index contributed by atoms with van der Waals surface area (Å²) in [5, 5.41) is 7.26. The molecule has 0 spiro atoms. The number of nitrogens with zero attached hydrogens (tertiary/aromatic N) is 2. The van der Waals surface area contributed by atoms with Crippen molar-refractivity contribution in [1.29, 1.82) is 0 Å². The van der Waals surface area contributed by atoms with Gasteiger partial charge < -0.3 is 14.8 Å². The minimum Gasteiger partial charge on any atom is -0.497 e. The van der Waals surface area contributed by atoms with Crippen LogP contribution in [0.2, 0.25) is 0 Å². The SMILES string of the molecule is COc1ccc(CCNC(=O)c2cc(-c3cccc(OC)c3)n(C)n2)cc1. The second kappa shape index (κ2) is 8.40. The number of nitrogens with one attached hydrogen (secondary N) is 1. The van der Waals surface area contributed by atoms with E-state index in [2.05, 4.69) is 10.4 Å². The Labute approximate surface area is 158 Å². The fourth-order valence-electron chi connectivity index (χ4n) is 2.83. The summed E-state index contributed by atoms with van der Waals surface area (Å²) in [5.41, 5.74) is 3.33. The van der Waals surface area contributed by atoms with Crippen LogP contribution in [0.5, 0.6) is 11.5 Å². The number of aromatic nitrogens is 2. The van der Waals surface area contributed by atoms with Gasteiger partial charge in [0, 0.05) is 19.2 Å². The predicted octanol–water partition coefficient (Wildman–Crippen LogP) is 3.08. The van der Waals surface area contributed by atoms with Crippen LogP contribution in [0.1, 0.15) is 16.1 Å². The van der Waals surface area contributed by atoms with Crippen molar-refractivity contribution >= 4 is 5.91 Å². The van der Waals surface area contributed by atoms with E-state index in [0.717, 1.165) is 34.7 Å². The lowest BCUT2D eigenvalue weighted by molar-refractivity contribution is 0.0948. The summed E-state index contributed by atoms with van der Waals surface area (Å²) >= 11 is 0. The van der Waals surface area contributed by atoms with Gasteiger partial charge in [0.1, 0.15) is 11.5 Å². The van der Waals surface area contributed by atoms with Crippen LogP contribution in [0, 0.1) is 0 Å². The summed E-state index contributed by atoms with van der Waals surface area (Å²) in [6, 6.07) is 17.3. The Morgan fingerprint density at radius 3 is 2.48 bits per heavy atom. The third-order valence-corrected chi connectivity index (χ3v) is 4.34. The third kappa shape index (κ3) is 4.47. The first-order valence-corrected chi connectivity index (χ1v) is 8.70. The highest BCUT2D eigenvalue weighted by Crippen LogP contribution is 2.24. The number of benzene rings is 2. The Kier molecular flexibility index (Phi) is 5.76. The summed E-state index contributed by atoms with van der Waals surface area (Å²) < 4.78 is 12.1. The molecule has 3 aromatic rings. The van der Waals surface area contributed by atoms with Crippen molar-refractivity contribution in [2.45, 2.75) is 6.42 Å². The van der Waals surface area contributed by atoms with Crippen molar-refractivity contribution in [3.8, 4) is 22.8 Å². The number of hydrogen-bond acceptors (Lipinski definition) is 4. The van der Waals surface area contributed by atoms with Crippen LogP contribution in [0.4, 0.5) is 0 Å². The zero-order valence-corrected chi connectivity index (χ0v) is 15.7. The highest BCUT2D eigenvalue weighted by Gasteiger charge is 2.14. The molecule has 0 unspecified atom stereocenters. The molecule has 6 nitrogen and oxygen atoms in total. The summed E-state index contributed by atoms with van der Waals surface area (Å²) in [6.45, 7) is 0.538. The Hall–Kier alpha value is -3.28. The zero-order valence-electron chi connectivity index (χ0n) is 15.7. The summed E-state index contributed by atoms with van der Waals surface area (Å²) in [6.07, 6.45) is 0.741. The fourth-order valence-corrected chi connectivity index (χ4v) is 2.83. The maximum atomic E-state index is 12.4. The molecule has 140 valence electrons. The van der Waals surface area contributed by atoms with Gasteiger partial charge in [-0.05, 0) is 42.3 Å². The van der Waals surface area contributed by atoms with E-state index in [4.69, 9.17) is 9.47 Å². The number of ether oxygens (including phenoxy) is 2. The highest BCUT2D eigenvalue weighted by molar-refractivity contribution is 5.93. The summed E-state index contributed by atoms with van der Waals surface area (Å²) in [5.74, 6) is 1.40. The Bertz CT molecular complexity index is 917. The van der Waals surface area contributed by atoms with Crippen molar-refractivity contribution in [2.75, 3.05) is 20.8 Å². The molecule has 6 heteroatoms. The topological polar surface area (TPSA) is 65.4 Å². The van der Waals surface area contributed by atoms with Crippen LogP contribution in [0.3, 0.4) is 0 Å². The summed E-state index contributed by atoms with van der Waals surface area (Å²) in [7, 11) is 5.09. The number of amides is 1. The van der Waals surface area contributed by atoms with Crippen LogP contribution < -0.4 is 14.8 Å². The Morgan fingerprint density at radius 1 is 1.04 bits per heavy atom. The normalized spacial score (nSPS) is 10.5. The molecule has 1 amide bonds. The van der Waals surface area contributed by atoms with Crippen molar-refractivity contribution in [3.05, 3.63) is 65.9 Å². The van der Waals surface area contributed by atoms with E-state index >= 15 is 0 Å². The summed E-state index contributed by atoms with van der Waals surface area (Å²) in [4.78, 5) is 12.4. The van der Waals surface area contributed by atoms with Crippen LogP contribution in [0.15, 0.2) is 54.6 Å². The largest absolute Gasteiger partial charge is 0.497 e. The standard InChI is InChI=1S/C21H23N3O3/c1-24-20(16-5-4-6-18(13-16)27-3)14-19(23-24)21(25)22-12-11-15-7-9-17(26-2)10-8-15/h4-10,13-14H,11-12H2,1-3H3,(H,22,25). The minimum atomic E-state index is -0.187. The molecule has 0 bridgehead atoms. The van der Waals surface area contributed by atoms with Crippen molar-refractivity contribution < 1.29 is 14.3 Å². The van der Waals surface area contributed by atoms with Gasteiger partial charge in [0.25, 0.3) is 5.91 Å². The lowest BCUT2D eigenvalue weighted by Crippen LogP contribution is -2.26. The number of carbonyl (C=O) groups excluding carboxylic acids is 1. The average molecular weight is 365 g/mol. The van der Waals surface area contributed by atoms with Crippen LogP contribution in [-0.2, 0) is 13.5 Å². The van der Waals surface area contributed by atoms with E-state index in [1.54, 1.807) is 25.0 Å². The van der Waals surface area contributed by atoms with Gasteiger partial charge in [-0.3, -0.25) is 9.48 Å². The van der Waals surface area contributed by atoms with Gasteiger partial charge >= 0.3 is 0 Å². The molecule has 0 atom stereocenters. The molecule has 1 heterocycles. The zero-order chi connectivity index (χ0) is 19.2. The molecule has 0 aliphatic heterocycles. The van der Waals surface area contributed by atoms with Gasteiger partial charge in [-0.1, -0.05) is 24.3 Å². The second-order valence-corrected chi connectivity index (χ2v) is 6.12. The number of rotatable bonds is 7. The number of aryl methyl sites for hydroxylation is 1. The van der Waals surface area contributed by atoms with Crippen LogP contribution in [0.25, 0.3) is 11.3 Å². The third-order valence-electron chi connectivity index (χ3n) is 4.34. The molecule has 0 saturated heterocycles. The molecule has 0 aliphatic rings. The van der Waals surface area contributed by atoms with E-state index < -0.39 is 0 Å². The molecule has 27 heavy (non-hydrogen) atoms. The quantitative estimate of drug-likeness (QED) is 0.699. The second-order valence-electron chi connectivity index (χ2n) is 6.12. The maximum absolute atomic E-state index is 12.4. The van der Waals surface area contributed by atoms with E-state index in [9.17, 15) is 4.79 Å². The first-order chi connectivity index (χ1) is 13.1. The van der Waals surface area contributed by atoms with Crippen molar-refractivity contribution in [1.82, 2.24) is 15.1 Å². The van der Waals surface area contributed by atoms with Gasteiger partial charge in [-0.15, -0.1) is 0 Å². The monoisotopic (exact) mass is 365 g/mol. The smallest absolute Gasteiger partial charge is 0.271 e. The molecule has 0 saturated carbocycles. The van der Waals surface area contributed by atoms with Crippen molar-refractivity contribution in [2.24, 2.45) is 7.05 Å². The predicted molar refractivity (Wildman–Crippen MR) is 104 cm³/mol. The first-order valence-electron chi connectivity index (χ1n) is 8.70. The molecule has 2 aromatic carbocycles. The molecule has 0 radical (unpaired) electrons. The average Bonchev–Trinajstić information content (AvgIpc) is 3.10. The van der Waals surface area contributed by atoms with E-state index in [-0.39, 0.29) is 5.91 Å². The van der Waals surface area contributed by atoms with Gasteiger partial charge in [0.05, 0.1) is 19.9 Å². The van der Waals surface area contributed by atoms with Gasteiger partial charge in [0.2, 0.25) is 0 Å². The maximum Gasteiger partial charge on any atom is 0.271 e. The highest BCUT2D eigenvalue weighted by atomic mass is 16.5.